The SMILES string of the molecule is CC(C)OC(C)C.CC(C)OC1CCN(C)CC1.COC. The van der Waals surface area contributed by atoms with Gasteiger partial charge in [0.2, 0.25) is 0 Å². The van der Waals surface area contributed by atoms with E-state index in [0.717, 1.165) is 0 Å². The van der Waals surface area contributed by atoms with Crippen LogP contribution in [0.2, 0.25) is 0 Å². The van der Waals surface area contributed by atoms with Gasteiger partial charge >= 0.3 is 0 Å². The summed E-state index contributed by atoms with van der Waals surface area (Å²) in [5.74, 6) is 0. The Morgan fingerprint density at radius 2 is 1.19 bits per heavy atom. The summed E-state index contributed by atoms with van der Waals surface area (Å²) in [6, 6.07) is 0. The molecule has 0 bridgehead atoms. The maximum Gasteiger partial charge on any atom is 0.0603 e. The fraction of sp³-hybridized carbons (Fsp3) is 1.00. The van der Waals surface area contributed by atoms with E-state index in [1.165, 1.54) is 25.9 Å². The molecule has 0 amide bonds. The van der Waals surface area contributed by atoms with E-state index in [1.807, 2.05) is 27.7 Å². The molecule has 1 aliphatic rings. The number of piperidine rings is 1. The molecule has 1 fully saturated rings. The lowest BCUT2D eigenvalue weighted by Gasteiger charge is -2.30. The summed E-state index contributed by atoms with van der Waals surface area (Å²) in [4.78, 5) is 2.36. The van der Waals surface area contributed by atoms with Gasteiger partial charge < -0.3 is 19.1 Å². The zero-order valence-electron chi connectivity index (χ0n) is 15.8. The molecule has 0 radical (unpaired) electrons. The molecule has 0 saturated carbocycles. The first-order chi connectivity index (χ1) is 9.72. The summed E-state index contributed by atoms with van der Waals surface area (Å²) in [5, 5.41) is 0. The minimum Gasteiger partial charge on any atom is -0.388 e. The molecule has 0 aliphatic carbocycles. The first kappa shape index (κ1) is 23.1. The summed E-state index contributed by atoms with van der Waals surface area (Å²) in [6.07, 6.45) is 4.07. The summed E-state index contributed by atoms with van der Waals surface area (Å²) < 4.78 is 15.2. The lowest BCUT2D eigenvalue weighted by Crippen LogP contribution is -2.35. The number of hydrogen-bond donors (Lipinski definition) is 0. The fourth-order valence-electron chi connectivity index (χ4n) is 2.05. The Labute approximate surface area is 133 Å². The molecule has 0 N–H and O–H groups in total. The molecule has 1 heterocycles. The average molecular weight is 306 g/mol. The molecule has 0 atom stereocenters. The van der Waals surface area contributed by atoms with Crippen LogP contribution >= 0.6 is 0 Å². The normalized spacial score (nSPS) is 16.6. The van der Waals surface area contributed by atoms with Gasteiger partial charge in [0.15, 0.2) is 0 Å². The van der Waals surface area contributed by atoms with Crippen molar-refractivity contribution in [1.82, 2.24) is 4.90 Å². The first-order valence-electron chi connectivity index (χ1n) is 8.12. The number of methoxy groups -OCH3 is 1. The van der Waals surface area contributed by atoms with Crippen LogP contribution in [0.5, 0.6) is 0 Å². The number of nitrogens with zero attached hydrogens (tertiary/aromatic N) is 1. The van der Waals surface area contributed by atoms with Gasteiger partial charge in [-0.25, -0.2) is 0 Å². The third-order valence-electron chi connectivity index (χ3n) is 2.67. The fourth-order valence-corrected chi connectivity index (χ4v) is 2.05. The van der Waals surface area contributed by atoms with Crippen LogP contribution in [0.15, 0.2) is 0 Å². The lowest BCUT2D eigenvalue weighted by atomic mass is 10.1. The van der Waals surface area contributed by atoms with Gasteiger partial charge in [-0.2, -0.15) is 0 Å². The van der Waals surface area contributed by atoms with Crippen molar-refractivity contribution in [2.75, 3.05) is 34.4 Å². The first-order valence-corrected chi connectivity index (χ1v) is 8.12. The van der Waals surface area contributed by atoms with Crippen molar-refractivity contribution in [1.29, 1.82) is 0 Å². The van der Waals surface area contributed by atoms with Crippen LogP contribution in [0.1, 0.15) is 54.4 Å². The Morgan fingerprint density at radius 3 is 1.43 bits per heavy atom. The highest BCUT2D eigenvalue weighted by atomic mass is 16.5. The molecule has 0 aromatic rings. The van der Waals surface area contributed by atoms with E-state index in [2.05, 4.69) is 30.5 Å². The van der Waals surface area contributed by atoms with E-state index in [1.54, 1.807) is 14.2 Å². The second-order valence-corrected chi connectivity index (χ2v) is 6.33. The van der Waals surface area contributed by atoms with Gasteiger partial charge in [-0.05, 0) is 61.4 Å². The standard InChI is InChI=1S/C9H19NO.C6H14O.C2H6O/c1-8(2)11-9-4-6-10(3)7-5-9;1-5(2)7-6(3)4;1-3-2/h8-9H,4-7H2,1-3H3;5-6H,1-4H3;1-2H3. The van der Waals surface area contributed by atoms with Gasteiger partial charge in [-0.1, -0.05) is 0 Å². The number of hydrogen-bond acceptors (Lipinski definition) is 4. The third-order valence-corrected chi connectivity index (χ3v) is 2.67. The maximum atomic E-state index is 5.71. The molecular formula is C17H39NO3. The van der Waals surface area contributed by atoms with Crippen molar-refractivity contribution in [3.05, 3.63) is 0 Å². The minimum absolute atomic E-state index is 0.375. The predicted molar refractivity (Wildman–Crippen MR) is 91.0 cm³/mol. The van der Waals surface area contributed by atoms with Crippen LogP contribution < -0.4 is 0 Å². The highest BCUT2D eigenvalue weighted by Gasteiger charge is 2.17. The smallest absolute Gasteiger partial charge is 0.0603 e. The number of ether oxygens (including phenoxy) is 3. The summed E-state index contributed by atoms with van der Waals surface area (Å²) in [7, 11) is 5.42. The van der Waals surface area contributed by atoms with Gasteiger partial charge in [-0.15, -0.1) is 0 Å². The molecule has 0 aromatic heterocycles. The summed E-state index contributed by atoms with van der Waals surface area (Å²) >= 11 is 0. The van der Waals surface area contributed by atoms with Gasteiger partial charge in [0.25, 0.3) is 0 Å². The van der Waals surface area contributed by atoms with Gasteiger partial charge in [0.05, 0.1) is 24.4 Å². The van der Waals surface area contributed by atoms with Crippen LogP contribution in [0.25, 0.3) is 0 Å². The number of rotatable bonds is 4. The molecule has 130 valence electrons. The van der Waals surface area contributed by atoms with Gasteiger partial charge in [-0.3, -0.25) is 0 Å². The molecule has 4 nitrogen and oxygen atoms in total. The van der Waals surface area contributed by atoms with Crippen molar-refractivity contribution in [3.8, 4) is 0 Å². The predicted octanol–water partition coefficient (Wildman–Crippen LogP) is 3.59. The van der Waals surface area contributed by atoms with Crippen molar-refractivity contribution >= 4 is 0 Å². The Hall–Kier alpha value is -0.160. The molecule has 4 heteroatoms. The second-order valence-electron chi connectivity index (χ2n) is 6.33. The van der Waals surface area contributed by atoms with E-state index in [0.29, 0.717) is 24.4 Å². The van der Waals surface area contributed by atoms with Crippen LogP contribution in [0, 0.1) is 0 Å². The highest BCUT2D eigenvalue weighted by molar-refractivity contribution is 4.70. The molecule has 1 saturated heterocycles. The van der Waals surface area contributed by atoms with E-state index in [-0.39, 0.29) is 0 Å². The zero-order valence-corrected chi connectivity index (χ0v) is 15.8. The second kappa shape index (κ2) is 14.8. The van der Waals surface area contributed by atoms with E-state index < -0.39 is 0 Å². The summed E-state index contributed by atoms with van der Waals surface area (Å²) in [5.41, 5.74) is 0. The molecule has 1 rings (SSSR count). The highest BCUT2D eigenvalue weighted by Crippen LogP contribution is 2.13. The maximum absolute atomic E-state index is 5.71. The molecule has 0 aromatic carbocycles. The average Bonchev–Trinajstić information content (AvgIpc) is 2.31. The minimum atomic E-state index is 0.375. The van der Waals surface area contributed by atoms with Gasteiger partial charge in [0, 0.05) is 27.3 Å². The largest absolute Gasteiger partial charge is 0.388 e. The Bertz CT molecular complexity index is 194. The van der Waals surface area contributed by atoms with Gasteiger partial charge in [0.1, 0.15) is 0 Å². The van der Waals surface area contributed by atoms with Crippen LogP contribution in [-0.2, 0) is 14.2 Å². The van der Waals surface area contributed by atoms with Crippen LogP contribution in [0.3, 0.4) is 0 Å². The van der Waals surface area contributed by atoms with Crippen molar-refractivity contribution in [2.24, 2.45) is 0 Å². The van der Waals surface area contributed by atoms with E-state index >= 15 is 0 Å². The lowest BCUT2D eigenvalue weighted by molar-refractivity contribution is -0.0232. The Kier molecular flexibility index (Phi) is 16.2. The zero-order chi connectivity index (χ0) is 16.8. The van der Waals surface area contributed by atoms with E-state index in [4.69, 9.17) is 9.47 Å². The molecule has 0 spiro atoms. The molecular weight excluding hydrogens is 266 g/mol. The molecule has 1 aliphatic heterocycles. The van der Waals surface area contributed by atoms with Crippen molar-refractivity contribution < 1.29 is 14.2 Å². The Balaban J connectivity index is 0. The Morgan fingerprint density at radius 1 is 0.810 bits per heavy atom. The summed E-state index contributed by atoms with van der Waals surface area (Å²) in [6.45, 7) is 14.8. The van der Waals surface area contributed by atoms with Crippen LogP contribution in [-0.4, -0.2) is 63.7 Å². The number of likely N-dealkylation sites (tertiary alicyclic amines) is 1. The third kappa shape index (κ3) is 19.8. The monoisotopic (exact) mass is 305 g/mol. The van der Waals surface area contributed by atoms with Crippen molar-refractivity contribution in [2.45, 2.75) is 78.8 Å². The quantitative estimate of drug-likeness (QED) is 0.794. The van der Waals surface area contributed by atoms with E-state index in [9.17, 15) is 0 Å². The van der Waals surface area contributed by atoms with Crippen LogP contribution in [0.4, 0.5) is 0 Å². The molecule has 0 unspecified atom stereocenters. The topological polar surface area (TPSA) is 30.9 Å². The molecule has 21 heavy (non-hydrogen) atoms. The van der Waals surface area contributed by atoms with Crippen molar-refractivity contribution in [3.63, 3.8) is 0 Å².